The largest absolute Gasteiger partial charge is 0.387 e. The maximum Gasteiger partial charge on any atom is 0.272 e. The van der Waals surface area contributed by atoms with Crippen molar-refractivity contribution in [1.29, 1.82) is 0 Å². The van der Waals surface area contributed by atoms with Crippen molar-refractivity contribution < 1.29 is 4.79 Å². The number of hydrogen-bond acceptors (Lipinski definition) is 4. The van der Waals surface area contributed by atoms with E-state index in [4.69, 9.17) is 0 Å². The summed E-state index contributed by atoms with van der Waals surface area (Å²) in [6, 6.07) is 3.94. The number of nitrogens with one attached hydrogen (secondary N) is 1. The van der Waals surface area contributed by atoms with Crippen molar-refractivity contribution in [2.45, 2.75) is 18.9 Å². The lowest BCUT2D eigenvalue weighted by atomic mass is 10.0. The molecule has 0 radical (unpaired) electrons. The molecule has 0 saturated carbocycles. The van der Waals surface area contributed by atoms with Gasteiger partial charge in [-0.25, -0.2) is 4.98 Å². The van der Waals surface area contributed by atoms with Gasteiger partial charge >= 0.3 is 0 Å². The van der Waals surface area contributed by atoms with E-state index in [2.05, 4.69) is 22.2 Å². The number of anilines is 1. The maximum absolute atomic E-state index is 12.4. The number of pyridine rings is 1. The Kier molecular flexibility index (Phi) is 4.37. The van der Waals surface area contributed by atoms with Crippen molar-refractivity contribution in [1.82, 2.24) is 14.8 Å². The molecule has 1 aromatic rings. The van der Waals surface area contributed by atoms with E-state index in [1.807, 2.05) is 25.1 Å². The van der Waals surface area contributed by atoms with E-state index < -0.39 is 0 Å². The number of carbonyl (C=O) groups excluding carboxylic acids is 1. The van der Waals surface area contributed by atoms with Crippen LogP contribution in [0.5, 0.6) is 0 Å². The van der Waals surface area contributed by atoms with Gasteiger partial charge in [-0.05, 0) is 38.6 Å². The average Bonchev–Trinajstić information content (AvgIpc) is 2.46. The van der Waals surface area contributed by atoms with E-state index in [0.29, 0.717) is 5.69 Å². The van der Waals surface area contributed by atoms with Crippen LogP contribution in [0.4, 0.5) is 5.69 Å². The molecule has 1 aliphatic heterocycles. The normalized spacial score (nSPS) is 20.1. The lowest BCUT2D eigenvalue weighted by Crippen LogP contribution is -2.47. The number of likely N-dealkylation sites (tertiary alicyclic amines) is 1. The van der Waals surface area contributed by atoms with Crippen LogP contribution in [0, 0.1) is 0 Å². The van der Waals surface area contributed by atoms with Crippen molar-refractivity contribution in [3.63, 3.8) is 0 Å². The summed E-state index contributed by atoms with van der Waals surface area (Å²) in [5, 5.41) is 3.00. The molecule has 0 aliphatic carbocycles. The highest BCUT2D eigenvalue weighted by molar-refractivity contribution is 5.92. The number of nitrogens with zero attached hydrogens (tertiary/aromatic N) is 3. The minimum absolute atomic E-state index is 0.00273. The van der Waals surface area contributed by atoms with Gasteiger partial charge in [0, 0.05) is 26.7 Å². The Hall–Kier alpha value is -1.62. The van der Waals surface area contributed by atoms with Crippen molar-refractivity contribution in [3.05, 3.63) is 24.0 Å². The SMILES string of the molecule is CNc1ccc(C(=O)N(C)C2CCCN(C)C2)nc1. The van der Waals surface area contributed by atoms with E-state index in [1.54, 1.807) is 12.3 Å². The van der Waals surface area contributed by atoms with Crippen LogP contribution in [0.1, 0.15) is 23.3 Å². The van der Waals surface area contributed by atoms with E-state index in [1.165, 1.54) is 0 Å². The zero-order valence-corrected chi connectivity index (χ0v) is 11.9. The third kappa shape index (κ3) is 3.23. The predicted octanol–water partition coefficient (Wildman–Crippen LogP) is 1.29. The van der Waals surface area contributed by atoms with Crippen LogP contribution < -0.4 is 5.32 Å². The Morgan fingerprint density at radius 3 is 2.89 bits per heavy atom. The first-order valence-corrected chi connectivity index (χ1v) is 6.71. The van der Waals surface area contributed by atoms with Crippen molar-refractivity contribution in [3.8, 4) is 0 Å². The van der Waals surface area contributed by atoms with Gasteiger partial charge in [0.05, 0.1) is 11.9 Å². The summed E-state index contributed by atoms with van der Waals surface area (Å²) in [5.41, 5.74) is 1.42. The molecule has 1 N–H and O–H groups in total. The third-order valence-electron chi connectivity index (χ3n) is 3.74. The fourth-order valence-electron chi connectivity index (χ4n) is 2.47. The van der Waals surface area contributed by atoms with E-state index in [0.717, 1.165) is 31.6 Å². The van der Waals surface area contributed by atoms with E-state index in [9.17, 15) is 4.79 Å². The molecule has 1 fully saturated rings. The predicted molar refractivity (Wildman–Crippen MR) is 76.4 cm³/mol. The number of likely N-dealkylation sites (N-methyl/N-ethyl adjacent to an activating group) is 2. The van der Waals surface area contributed by atoms with E-state index in [-0.39, 0.29) is 11.9 Å². The number of carbonyl (C=O) groups is 1. The summed E-state index contributed by atoms with van der Waals surface area (Å²) in [7, 11) is 5.81. The van der Waals surface area contributed by atoms with Crippen LogP contribution >= 0.6 is 0 Å². The van der Waals surface area contributed by atoms with Crippen molar-refractivity contribution >= 4 is 11.6 Å². The van der Waals surface area contributed by atoms with E-state index >= 15 is 0 Å². The Bertz CT molecular complexity index is 432. The summed E-state index contributed by atoms with van der Waals surface area (Å²) in [4.78, 5) is 20.7. The standard InChI is InChI=1S/C14H22N4O/c1-15-11-6-7-13(16-9-11)14(19)18(3)12-5-4-8-17(2)10-12/h6-7,9,12,15H,4-5,8,10H2,1-3H3. The summed E-state index contributed by atoms with van der Waals surface area (Å²) in [6.07, 6.45) is 3.90. The zero-order chi connectivity index (χ0) is 13.8. The Labute approximate surface area is 114 Å². The van der Waals surface area contributed by atoms with Crippen LogP contribution in [0.25, 0.3) is 0 Å². The fraction of sp³-hybridized carbons (Fsp3) is 0.571. The second-order valence-electron chi connectivity index (χ2n) is 5.16. The third-order valence-corrected chi connectivity index (χ3v) is 3.74. The van der Waals surface area contributed by atoms with Gasteiger partial charge in [-0.3, -0.25) is 4.79 Å². The number of aromatic nitrogens is 1. The molecule has 5 heteroatoms. The Balaban J connectivity index is 2.05. The average molecular weight is 262 g/mol. The zero-order valence-electron chi connectivity index (χ0n) is 11.9. The van der Waals surface area contributed by atoms with Gasteiger partial charge < -0.3 is 15.1 Å². The number of rotatable bonds is 3. The molecule has 1 amide bonds. The molecule has 1 aliphatic rings. The molecule has 1 saturated heterocycles. The van der Waals surface area contributed by atoms with Gasteiger partial charge in [0.25, 0.3) is 5.91 Å². The lowest BCUT2D eigenvalue weighted by molar-refractivity contribution is 0.0638. The second kappa shape index (κ2) is 6.02. The minimum Gasteiger partial charge on any atom is -0.387 e. The summed E-state index contributed by atoms with van der Waals surface area (Å²) in [6.45, 7) is 2.06. The molecule has 1 aromatic heterocycles. The lowest BCUT2D eigenvalue weighted by Gasteiger charge is -2.35. The van der Waals surface area contributed by atoms with Gasteiger partial charge in [-0.2, -0.15) is 0 Å². The first kappa shape index (κ1) is 13.8. The summed E-state index contributed by atoms with van der Waals surface area (Å²) < 4.78 is 0. The highest BCUT2D eigenvalue weighted by Crippen LogP contribution is 2.16. The second-order valence-corrected chi connectivity index (χ2v) is 5.16. The molecule has 0 bridgehead atoms. The minimum atomic E-state index is 0.00273. The van der Waals surface area contributed by atoms with Crippen LogP contribution in [0.15, 0.2) is 18.3 Å². The van der Waals surface area contributed by atoms with Crippen LogP contribution in [-0.2, 0) is 0 Å². The first-order chi connectivity index (χ1) is 9.11. The molecular weight excluding hydrogens is 240 g/mol. The van der Waals surface area contributed by atoms with Gasteiger partial charge in [-0.15, -0.1) is 0 Å². The summed E-state index contributed by atoms with van der Waals surface area (Å²) in [5.74, 6) is 0.00273. The molecule has 0 aromatic carbocycles. The molecule has 104 valence electrons. The quantitative estimate of drug-likeness (QED) is 0.891. The van der Waals surface area contributed by atoms with Crippen LogP contribution in [-0.4, -0.2) is 61.0 Å². The Morgan fingerprint density at radius 2 is 2.32 bits per heavy atom. The number of piperidine rings is 1. The highest BCUT2D eigenvalue weighted by Gasteiger charge is 2.25. The Morgan fingerprint density at radius 1 is 1.53 bits per heavy atom. The van der Waals surface area contributed by atoms with Gasteiger partial charge in [0.2, 0.25) is 0 Å². The van der Waals surface area contributed by atoms with Crippen LogP contribution in [0.3, 0.4) is 0 Å². The van der Waals surface area contributed by atoms with Gasteiger partial charge in [-0.1, -0.05) is 0 Å². The first-order valence-electron chi connectivity index (χ1n) is 6.71. The van der Waals surface area contributed by atoms with Crippen LogP contribution in [0.2, 0.25) is 0 Å². The number of hydrogen-bond donors (Lipinski definition) is 1. The molecular formula is C14H22N4O. The highest BCUT2D eigenvalue weighted by atomic mass is 16.2. The summed E-state index contributed by atoms with van der Waals surface area (Å²) >= 11 is 0. The fourth-order valence-corrected chi connectivity index (χ4v) is 2.47. The topological polar surface area (TPSA) is 48.5 Å². The molecule has 2 rings (SSSR count). The van der Waals surface area contributed by atoms with Crippen molar-refractivity contribution in [2.24, 2.45) is 0 Å². The molecule has 2 heterocycles. The molecule has 1 unspecified atom stereocenters. The van der Waals surface area contributed by atoms with Gasteiger partial charge in [0.1, 0.15) is 5.69 Å². The number of amides is 1. The molecule has 1 atom stereocenters. The molecule has 5 nitrogen and oxygen atoms in total. The van der Waals surface area contributed by atoms with Gasteiger partial charge in [0.15, 0.2) is 0 Å². The smallest absolute Gasteiger partial charge is 0.272 e. The molecule has 19 heavy (non-hydrogen) atoms. The maximum atomic E-state index is 12.4. The van der Waals surface area contributed by atoms with Crippen molar-refractivity contribution in [2.75, 3.05) is 39.5 Å². The monoisotopic (exact) mass is 262 g/mol. The molecule has 0 spiro atoms.